The second-order valence-electron chi connectivity index (χ2n) is 2.06. The normalized spacial score (nSPS) is 6.27. The minimum atomic E-state index is -0.330. The third-order valence-corrected chi connectivity index (χ3v) is 1.00. The first-order valence-electron chi connectivity index (χ1n) is 4.28. The Bertz CT molecular complexity index is 226. The molecule has 0 radical (unpaired) electrons. The van der Waals surface area contributed by atoms with Gasteiger partial charge in [-0.3, -0.25) is 0 Å². The number of esters is 1. The second-order valence-corrected chi connectivity index (χ2v) is 2.06. The number of rotatable bonds is 4. The Labute approximate surface area is 91.1 Å². The lowest BCUT2D eigenvalue weighted by Gasteiger charge is -1.97. The molecular weight excluding hydrogens is 192 g/mol. The smallest absolute Gasteiger partial charge is 0.330 e. The third kappa shape index (κ3) is 33.5. The monoisotopic (exact) mass is 208 g/mol. The largest absolute Gasteiger partial charge is 0.463 e. The molecule has 0 unspecified atom stereocenters. The number of nitriles is 2. The molecule has 0 aliphatic carbocycles. The SMILES string of the molecule is C#N.C=CC#N.C=CC(=O)OCCCC. The predicted molar refractivity (Wildman–Crippen MR) is 58.5 cm³/mol. The Morgan fingerprint density at radius 1 is 1.53 bits per heavy atom. The van der Waals surface area contributed by atoms with Crippen LogP contribution in [0.2, 0.25) is 0 Å². The maximum absolute atomic E-state index is 10.3. The Morgan fingerprint density at radius 2 is 2.00 bits per heavy atom. The van der Waals surface area contributed by atoms with Gasteiger partial charge in [-0.1, -0.05) is 26.5 Å². The molecule has 0 saturated carbocycles. The van der Waals surface area contributed by atoms with Gasteiger partial charge in [0.2, 0.25) is 0 Å². The zero-order valence-electron chi connectivity index (χ0n) is 8.98. The second kappa shape index (κ2) is 22.7. The summed E-state index contributed by atoms with van der Waals surface area (Å²) < 4.78 is 4.67. The Hall–Kier alpha value is -2.07. The van der Waals surface area contributed by atoms with E-state index in [1.54, 1.807) is 6.07 Å². The van der Waals surface area contributed by atoms with E-state index in [-0.39, 0.29) is 5.97 Å². The number of ether oxygens (including phenoxy) is 1. The Morgan fingerprint density at radius 3 is 2.27 bits per heavy atom. The summed E-state index contributed by atoms with van der Waals surface area (Å²) in [7, 11) is 0. The van der Waals surface area contributed by atoms with Crippen LogP contribution < -0.4 is 0 Å². The first-order chi connectivity index (χ1) is 7.22. The number of nitrogens with zero attached hydrogens (tertiary/aromatic N) is 2. The van der Waals surface area contributed by atoms with E-state index in [1.807, 2.05) is 6.92 Å². The van der Waals surface area contributed by atoms with Crippen LogP contribution in [0.1, 0.15) is 19.8 Å². The number of carbonyl (C=O) groups excluding carboxylic acids is 1. The fourth-order valence-electron chi connectivity index (χ4n) is 0.376. The molecule has 0 fully saturated rings. The molecule has 4 nitrogen and oxygen atoms in total. The molecule has 0 atom stereocenters. The molecule has 15 heavy (non-hydrogen) atoms. The van der Waals surface area contributed by atoms with Crippen molar-refractivity contribution < 1.29 is 9.53 Å². The fourth-order valence-corrected chi connectivity index (χ4v) is 0.376. The van der Waals surface area contributed by atoms with E-state index in [0.717, 1.165) is 12.8 Å². The first-order valence-corrected chi connectivity index (χ1v) is 4.28. The van der Waals surface area contributed by atoms with Gasteiger partial charge in [-0.05, 0) is 6.42 Å². The van der Waals surface area contributed by atoms with Crippen molar-refractivity contribution in [2.75, 3.05) is 6.61 Å². The number of hydrogen-bond donors (Lipinski definition) is 0. The van der Waals surface area contributed by atoms with Crippen molar-refractivity contribution in [3.63, 3.8) is 0 Å². The lowest BCUT2D eigenvalue weighted by molar-refractivity contribution is -0.137. The van der Waals surface area contributed by atoms with Gasteiger partial charge in [0.15, 0.2) is 0 Å². The summed E-state index contributed by atoms with van der Waals surface area (Å²) in [5, 5.41) is 14.0. The van der Waals surface area contributed by atoms with Gasteiger partial charge in [0.1, 0.15) is 0 Å². The average molecular weight is 208 g/mol. The van der Waals surface area contributed by atoms with Gasteiger partial charge in [-0.2, -0.15) is 5.26 Å². The number of allylic oxidation sites excluding steroid dienone is 1. The molecule has 0 aliphatic rings. The highest BCUT2D eigenvalue weighted by Gasteiger charge is 1.91. The molecule has 0 aliphatic heterocycles. The zero-order valence-corrected chi connectivity index (χ0v) is 8.98. The van der Waals surface area contributed by atoms with Crippen LogP contribution in [0.3, 0.4) is 0 Å². The molecule has 0 spiro atoms. The lowest BCUT2D eigenvalue weighted by Crippen LogP contribution is -2.00. The van der Waals surface area contributed by atoms with Gasteiger partial charge in [-0.25, -0.2) is 10.1 Å². The minimum Gasteiger partial charge on any atom is -0.463 e. The average Bonchev–Trinajstić information content (AvgIpc) is 2.32. The van der Waals surface area contributed by atoms with Crippen LogP contribution in [0.15, 0.2) is 25.3 Å². The maximum atomic E-state index is 10.3. The van der Waals surface area contributed by atoms with E-state index >= 15 is 0 Å². The Kier molecular flexibility index (Phi) is 28.2. The van der Waals surface area contributed by atoms with Crippen molar-refractivity contribution in [2.24, 2.45) is 0 Å². The first kappa shape index (κ1) is 18.7. The van der Waals surface area contributed by atoms with Gasteiger partial charge >= 0.3 is 5.97 Å². The molecule has 0 amide bonds. The van der Waals surface area contributed by atoms with E-state index in [4.69, 9.17) is 10.5 Å². The summed E-state index contributed by atoms with van der Waals surface area (Å²) in [6.07, 6.45) is 4.33. The molecule has 0 heterocycles. The Balaban J connectivity index is -0.000000202. The van der Waals surface area contributed by atoms with E-state index in [1.165, 1.54) is 12.2 Å². The zero-order chi connectivity index (χ0) is 12.5. The molecule has 4 heteroatoms. The lowest BCUT2D eigenvalue weighted by atomic mass is 10.4. The topological polar surface area (TPSA) is 73.9 Å². The third-order valence-electron chi connectivity index (χ3n) is 1.00. The summed E-state index contributed by atoms with van der Waals surface area (Å²) in [4.78, 5) is 10.3. The van der Waals surface area contributed by atoms with Crippen LogP contribution in [0.5, 0.6) is 0 Å². The molecule has 0 aromatic heterocycles. The van der Waals surface area contributed by atoms with Crippen LogP contribution in [-0.2, 0) is 9.53 Å². The summed E-state index contributed by atoms with van der Waals surface area (Å²) in [6.45, 7) is 12.4. The highest BCUT2D eigenvalue weighted by molar-refractivity contribution is 5.81. The maximum Gasteiger partial charge on any atom is 0.330 e. The van der Waals surface area contributed by atoms with Crippen LogP contribution in [0.25, 0.3) is 0 Å². The molecule has 82 valence electrons. The fraction of sp³-hybridized carbons (Fsp3) is 0.364. The quantitative estimate of drug-likeness (QED) is 0.307. The van der Waals surface area contributed by atoms with E-state index in [9.17, 15) is 4.79 Å². The molecule has 0 bridgehead atoms. The van der Waals surface area contributed by atoms with E-state index < -0.39 is 0 Å². The van der Waals surface area contributed by atoms with E-state index in [2.05, 4.69) is 24.5 Å². The van der Waals surface area contributed by atoms with Gasteiger partial charge in [0.25, 0.3) is 0 Å². The van der Waals surface area contributed by atoms with Crippen LogP contribution >= 0.6 is 0 Å². The summed E-state index contributed by atoms with van der Waals surface area (Å²) >= 11 is 0. The summed E-state index contributed by atoms with van der Waals surface area (Å²) in [5.41, 5.74) is 0. The number of hydrogen-bond acceptors (Lipinski definition) is 4. The molecule has 0 aromatic carbocycles. The molecule has 0 saturated heterocycles. The van der Waals surface area contributed by atoms with Gasteiger partial charge in [0.05, 0.1) is 12.7 Å². The van der Waals surface area contributed by atoms with Crippen molar-refractivity contribution in [3.05, 3.63) is 25.3 Å². The van der Waals surface area contributed by atoms with E-state index in [0.29, 0.717) is 6.61 Å². The van der Waals surface area contributed by atoms with Gasteiger partial charge < -0.3 is 4.74 Å². The highest BCUT2D eigenvalue weighted by Crippen LogP contribution is 1.88. The molecule has 0 aromatic rings. The van der Waals surface area contributed by atoms with Crippen molar-refractivity contribution in [2.45, 2.75) is 19.8 Å². The summed E-state index contributed by atoms with van der Waals surface area (Å²) in [6, 6.07) is 1.69. The van der Waals surface area contributed by atoms with Crippen LogP contribution in [0, 0.1) is 23.2 Å². The highest BCUT2D eigenvalue weighted by atomic mass is 16.5. The van der Waals surface area contributed by atoms with Crippen LogP contribution in [0.4, 0.5) is 0 Å². The molecule has 0 N–H and O–H groups in total. The van der Waals surface area contributed by atoms with Crippen molar-refractivity contribution in [3.8, 4) is 12.6 Å². The predicted octanol–water partition coefficient (Wildman–Crippen LogP) is 2.35. The van der Waals surface area contributed by atoms with Crippen molar-refractivity contribution in [1.29, 1.82) is 10.5 Å². The standard InChI is InChI=1S/C7H12O2.C3H3N.CHN/c1-3-5-6-9-7(8)4-2;1-2-3-4;1-2/h4H,2-3,5-6H2,1H3;2H,1H2;1H. The summed E-state index contributed by atoms with van der Waals surface area (Å²) in [5.74, 6) is -0.330. The van der Waals surface area contributed by atoms with Crippen molar-refractivity contribution in [1.82, 2.24) is 0 Å². The van der Waals surface area contributed by atoms with Crippen molar-refractivity contribution >= 4 is 5.97 Å². The number of unbranched alkanes of at least 4 members (excludes halogenated alkanes) is 1. The number of carbonyl (C=O) groups is 1. The molecule has 0 rings (SSSR count). The van der Waals surface area contributed by atoms with Gasteiger partial charge in [0, 0.05) is 18.7 Å². The minimum absolute atomic E-state index is 0.330. The van der Waals surface area contributed by atoms with Gasteiger partial charge in [-0.15, -0.1) is 0 Å². The molecular formula is C11H16N2O2. The van der Waals surface area contributed by atoms with Crippen LogP contribution in [-0.4, -0.2) is 12.6 Å².